The quantitative estimate of drug-likeness (QED) is 0.800. The second-order valence-electron chi connectivity index (χ2n) is 6.72. The SMILES string of the molecule is CC(C)N(Cc1ccccc1)C(=O)C(=O)N(C)C1CCCCC1. The van der Waals surface area contributed by atoms with E-state index in [-0.39, 0.29) is 18.0 Å². The third kappa shape index (κ3) is 4.57. The van der Waals surface area contributed by atoms with Crippen LogP contribution in [0.5, 0.6) is 0 Å². The van der Waals surface area contributed by atoms with Crippen molar-refractivity contribution in [2.45, 2.75) is 64.6 Å². The molecular formula is C19H28N2O2. The van der Waals surface area contributed by atoms with Gasteiger partial charge in [-0.2, -0.15) is 0 Å². The first-order valence-electron chi connectivity index (χ1n) is 8.62. The fourth-order valence-corrected chi connectivity index (χ4v) is 3.18. The number of carbonyl (C=O) groups excluding carboxylic acids is 2. The zero-order valence-electron chi connectivity index (χ0n) is 14.5. The monoisotopic (exact) mass is 316 g/mol. The summed E-state index contributed by atoms with van der Waals surface area (Å²) < 4.78 is 0. The van der Waals surface area contributed by atoms with Crippen LogP contribution in [0.25, 0.3) is 0 Å². The number of rotatable bonds is 4. The molecule has 4 heteroatoms. The van der Waals surface area contributed by atoms with Gasteiger partial charge in [-0.15, -0.1) is 0 Å². The molecule has 1 aromatic carbocycles. The van der Waals surface area contributed by atoms with Gasteiger partial charge < -0.3 is 9.80 Å². The molecule has 1 saturated carbocycles. The first kappa shape index (κ1) is 17.5. The summed E-state index contributed by atoms with van der Waals surface area (Å²) in [6, 6.07) is 10.0. The molecule has 0 atom stereocenters. The molecule has 1 fully saturated rings. The van der Waals surface area contributed by atoms with E-state index in [1.165, 1.54) is 6.42 Å². The van der Waals surface area contributed by atoms with Crippen LogP contribution in [0.2, 0.25) is 0 Å². The molecule has 1 aliphatic carbocycles. The molecule has 0 radical (unpaired) electrons. The van der Waals surface area contributed by atoms with Gasteiger partial charge in [-0.25, -0.2) is 0 Å². The van der Waals surface area contributed by atoms with Crippen molar-refractivity contribution in [1.82, 2.24) is 9.80 Å². The van der Waals surface area contributed by atoms with E-state index in [1.54, 1.807) is 16.8 Å². The largest absolute Gasteiger partial charge is 0.335 e. The molecule has 2 rings (SSSR count). The number of benzene rings is 1. The summed E-state index contributed by atoms with van der Waals surface area (Å²) >= 11 is 0. The van der Waals surface area contributed by atoms with Crippen LogP contribution in [-0.4, -0.2) is 40.7 Å². The number of likely N-dealkylation sites (N-methyl/N-ethyl adjacent to an activating group) is 1. The molecule has 0 heterocycles. The number of nitrogens with zero attached hydrogens (tertiary/aromatic N) is 2. The van der Waals surface area contributed by atoms with Gasteiger partial charge in [0, 0.05) is 25.7 Å². The maximum atomic E-state index is 12.7. The molecule has 0 aliphatic heterocycles. The van der Waals surface area contributed by atoms with Crippen molar-refractivity contribution >= 4 is 11.8 Å². The van der Waals surface area contributed by atoms with Crippen LogP contribution in [0.4, 0.5) is 0 Å². The molecule has 126 valence electrons. The molecule has 1 aromatic rings. The molecule has 0 unspecified atom stereocenters. The van der Waals surface area contributed by atoms with Crippen molar-refractivity contribution in [1.29, 1.82) is 0 Å². The van der Waals surface area contributed by atoms with Gasteiger partial charge in [0.15, 0.2) is 0 Å². The Morgan fingerprint density at radius 1 is 1.04 bits per heavy atom. The average molecular weight is 316 g/mol. The summed E-state index contributed by atoms with van der Waals surface area (Å²) in [6.45, 7) is 4.38. The lowest BCUT2D eigenvalue weighted by Gasteiger charge is -2.33. The summed E-state index contributed by atoms with van der Waals surface area (Å²) in [4.78, 5) is 28.7. The molecule has 2 amide bonds. The van der Waals surface area contributed by atoms with E-state index >= 15 is 0 Å². The Hall–Kier alpha value is -1.84. The zero-order chi connectivity index (χ0) is 16.8. The van der Waals surface area contributed by atoms with Gasteiger partial charge in [0.05, 0.1) is 0 Å². The van der Waals surface area contributed by atoms with Crippen molar-refractivity contribution < 1.29 is 9.59 Å². The van der Waals surface area contributed by atoms with Gasteiger partial charge >= 0.3 is 11.8 Å². The molecule has 0 N–H and O–H groups in total. The van der Waals surface area contributed by atoms with Crippen molar-refractivity contribution in [2.24, 2.45) is 0 Å². The highest BCUT2D eigenvalue weighted by Crippen LogP contribution is 2.22. The molecular weight excluding hydrogens is 288 g/mol. The highest BCUT2D eigenvalue weighted by Gasteiger charge is 2.31. The molecule has 0 bridgehead atoms. The van der Waals surface area contributed by atoms with Gasteiger partial charge in [0.2, 0.25) is 0 Å². The van der Waals surface area contributed by atoms with Gasteiger partial charge in [0.25, 0.3) is 0 Å². The van der Waals surface area contributed by atoms with E-state index in [0.29, 0.717) is 6.54 Å². The molecule has 0 aromatic heterocycles. The fraction of sp³-hybridized carbons (Fsp3) is 0.579. The Morgan fingerprint density at radius 3 is 2.22 bits per heavy atom. The lowest BCUT2D eigenvalue weighted by atomic mass is 9.94. The highest BCUT2D eigenvalue weighted by molar-refractivity contribution is 6.34. The van der Waals surface area contributed by atoms with Crippen LogP contribution >= 0.6 is 0 Å². The minimum absolute atomic E-state index is 0.00795. The van der Waals surface area contributed by atoms with Crippen molar-refractivity contribution in [3.8, 4) is 0 Å². The first-order valence-corrected chi connectivity index (χ1v) is 8.62. The Balaban J connectivity index is 2.05. The van der Waals surface area contributed by atoms with Gasteiger partial charge in [-0.3, -0.25) is 9.59 Å². The van der Waals surface area contributed by atoms with Gasteiger partial charge in [-0.1, -0.05) is 49.6 Å². The zero-order valence-corrected chi connectivity index (χ0v) is 14.5. The number of amides is 2. The predicted octanol–water partition coefficient (Wildman–Crippen LogP) is 3.21. The Bertz CT molecular complexity index is 521. The lowest BCUT2D eigenvalue weighted by Crippen LogP contribution is -2.49. The molecule has 4 nitrogen and oxygen atoms in total. The maximum Gasteiger partial charge on any atom is 0.312 e. The van der Waals surface area contributed by atoms with Crippen LogP contribution in [0.3, 0.4) is 0 Å². The average Bonchev–Trinajstić information content (AvgIpc) is 2.59. The first-order chi connectivity index (χ1) is 11.0. The van der Waals surface area contributed by atoms with Crippen LogP contribution in [0.15, 0.2) is 30.3 Å². The van der Waals surface area contributed by atoms with E-state index in [4.69, 9.17) is 0 Å². The van der Waals surface area contributed by atoms with Crippen molar-refractivity contribution in [2.75, 3.05) is 7.05 Å². The summed E-state index contributed by atoms with van der Waals surface area (Å²) in [7, 11) is 1.78. The maximum absolute atomic E-state index is 12.7. The van der Waals surface area contributed by atoms with Crippen LogP contribution < -0.4 is 0 Å². The van der Waals surface area contributed by atoms with E-state index in [1.807, 2.05) is 44.2 Å². The van der Waals surface area contributed by atoms with Crippen LogP contribution in [0.1, 0.15) is 51.5 Å². The smallest absolute Gasteiger partial charge is 0.312 e. The van der Waals surface area contributed by atoms with E-state index in [9.17, 15) is 9.59 Å². The van der Waals surface area contributed by atoms with Crippen LogP contribution in [0, 0.1) is 0 Å². The third-order valence-corrected chi connectivity index (χ3v) is 4.71. The Morgan fingerprint density at radius 2 is 1.65 bits per heavy atom. The normalized spacial score (nSPS) is 15.5. The van der Waals surface area contributed by atoms with Crippen molar-refractivity contribution in [3.05, 3.63) is 35.9 Å². The summed E-state index contributed by atoms with van der Waals surface area (Å²) in [5.74, 6) is -0.765. The molecule has 23 heavy (non-hydrogen) atoms. The minimum Gasteiger partial charge on any atom is -0.335 e. The topological polar surface area (TPSA) is 40.6 Å². The predicted molar refractivity (Wildman–Crippen MR) is 91.8 cm³/mol. The fourth-order valence-electron chi connectivity index (χ4n) is 3.18. The van der Waals surface area contributed by atoms with Gasteiger partial charge in [-0.05, 0) is 32.3 Å². The Kier molecular flexibility index (Phi) is 6.20. The third-order valence-electron chi connectivity index (χ3n) is 4.71. The van der Waals surface area contributed by atoms with E-state index < -0.39 is 5.91 Å². The van der Waals surface area contributed by atoms with Crippen LogP contribution in [-0.2, 0) is 16.1 Å². The summed E-state index contributed by atoms with van der Waals surface area (Å²) in [5.41, 5.74) is 1.04. The molecule has 1 aliphatic rings. The van der Waals surface area contributed by atoms with E-state index in [0.717, 1.165) is 31.2 Å². The highest BCUT2D eigenvalue weighted by atomic mass is 16.2. The second-order valence-corrected chi connectivity index (χ2v) is 6.72. The summed E-state index contributed by atoms with van der Waals surface area (Å²) in [6.07, 6.45) is 5.55. The Labute approximate surface area is 139 Å². The summed E-state index contributed by atoms with van der Waals surface area (Å²) in [5, 5.41) is 0. The minimum atomic E-state index is -0.392. The standard InChI is InChI=1S/C19H28N2O2/c1-15(2)21(14-16-10-6-4-7-11-16)19(23)18(22)20(3)17-12-8-5-9-13-17/h4,6-7,10-11,15,17H,5,8-9,12-14H2,1-3H3. The molecule has 0 saturated heterocycles. The number of hydrogen-bond acceptors (Lipinski definition) is 2. The van der Waals surface area contributed by atoms with Gasteiger partial charge in [0.1, 0.15) is 0 Å². The number of carbonyl (C=O) groups is 2. The lowest BCUT2D eigenvalue weighted by molar-refractivity contribution is -0.154. The number of hydrogen-bond donors (Lipinski definition) is 0. The second kappa shape index (κ2) is 8.14. The van der Waals surface area contributed by atoms with E-state index in [2.05, 4.69) is 0 Å². The molecule has 0 spiro atoms. The van der Waals surface area contributed by atoms with Crippen molar-refractivity contribution in [3.63, 3.8) is 0 Å².